The molecule has 2 N–H and O–H groups in total. The Labute approximate surface area is 200 Å². The SMILES string of the molecule is COC(=O)/C=C\SC1=C(C(=O)OC(c2ccccc2)c2ccccc2)N2C(=O)[C@@H](N)[C@H]2SC1. The summed E-state index contributed by atoms with van der Waals surface area (Å²) in [6.45, 7) is 0. The van der Waals surface area contributed by atoms with Crippen LogP contribution in [0.5, 0.6) is 0 Å². The number of ether oxygens (including phenoxy) is 2. The summed E-state index contributed by atoms with van der Waals surface area (Å²) >= 11 is 2.65. The number of carbonyl (C=O) groups excluding carboxylic acids is 3. The van der Waals surface area contributed by atoms with Gasteiger partial charge in [0.25, 0.3) is 0 Å². The second-order valence-corrected chi connectivity index (χ2v) is 9.36. The summed E-state index contributed by atoms with van der Waals surface area (Å²) in [6, 6.07) is 18.2. The number of nitrogens with two attached hydrogens (primary N) is 1. The van der Waals surface area contributed by atoms with E-state index in [0.717, 1.165) is 11.1 Å². The molecule has 2 atom stereocenters. The maximum atomic E-state index is 13.5. The van der Waals surface area contributed by atoms with Crippen molar-refractivity contribution in [3.8, 4) is 0 Å². The predicted octanol–water partition coefficient (Wildman–Crippen LogP) is 3.19. The number of esters is 2. The number of β-lactam (4-membered cyclic amide) rings is 1. The molecule has 33 heavy (non-hydrogen) atoms. The van der Waals surface area contributed by atoms with Crippen LogP contribution in [0.4, 0.5) is 0 Å². The van der Waals surface area contributed by atoms with E-state index in [1.165, 1.54) is 47.0 Å². The van der Waals surface area contributed by atoms with Gasteiger partial charge in [-0.1, -0.05) is 72.4 Å². The average Bonchev–Trinajstić information content (AvgIpc) is 2.87. The molecule has 0 saturated carbocycles. The number of benzene rings is 2. The number of thioether (sulfide) groups is 2. The van der Waals surface area contributed by atoms with Crippen molar-refractivity contribution in [2.75, 3.05) is 12.9 Å². The summed E-state index contributed by atoms with van der Waals surface area (Å²) in [7, 11) is 1.29. The smallest absolute Gasteiger partial charge is 0.356 e. The second kappa shape index (κ2) is 10.3. The highest BCUT2D eigenvalue weighted by atomic mass is 32.2. The van der Waals surface area contributed by atoms with Gasteiger partial charge in [-0.2, -0.15) is 0 Å². The second-order valence-electron chi connectivity index (χ2n) is 7.26. The molecule has 7 nitrogen and oxygen atoms in total. The Morgan fingerprint density at radius 3 is 2.30 bits per heavy atom. The van der Waals surface area contributed by atoms with Gasteiger partial charge in [-0.15, -0.1) is 11.8 Å². The molecule has 2 aromatic carbocycles. The zero-order valence-corrected chi connectivity index (χ0v) is 19.4. The topological polar surface area (TPSA) is 98.9 Å². The lowest BCUT2D eigenvalue weighted by molar-refractivity contribution is -0.152. The van der Waals surface area contributed by atoms with Crippen molar-refractivity contribution in [2.45, 2.75) is 17.5 Å². The Hall–Kier alpha value is -3.01. The number of methoxy groups -OCH3 is 1. The number of carbonyl (C=O) groups is 3. The summed E-state index contributed by atoms with van der Waals surface area (Å²) in [5.41, 5.74) is 7.75. The average molecular weight is 483 g/mol. The van der Waals surface area contributed by atoms with Gasteiger partial charge >= 0.3 is 11.9 Å². The Balaban J connectivity index is 1.67. The molecule has 2 aromatic rings. The minimum Gasteiger partial charge on any atom is -0.466 e. The number of rotatable bonds is 7. The third kappa shape index (κ3) is 4.85. The number of nitrogens with zero attached hydrogens (tertiary/aromatic N) is 1. The van der Waals surface area contributed by atoms with E-state index in [4.69, 9.17) is 10.5 Å². The zero-order chi connectivity index (χ0) is 23.4. The number of hydrogen-bond acceptors (Lipinski definition) is 8. The molecular weight excluding hydrogens is 460 g/mol. The third-order valence-electron chi connectivity index (χ3n) is 5.21. The van der Waals surface area contributed by atoms with Crippen LogP contribution in [0, 0.1) is 0 Å². The third-order valence-corrected chi connectivity index (χ3v) is 7.59. The van der Waals surface area contributed by atoms with E-state index >= 15 is 0 Å². The van der Waals surface area contributed by atoms with Gasteiger partial charge in [0.15, 0.2) is 6.10 Å². The van der Waals surface area contributed by atoms with Crippen LogP contribution in [0.2, 0.25) is 0 Å². The molecule has 0 unspecified atom stereocenters. The van der Waals surface area contributed by atoms with E-state index in [1.807, 2.05) is 60.7 Å². The van der Waals surface area contributed by atoms with Crippen molar-refractivity contribution < 1.29 is 23.9 Å². The lowest BCUT2D eigenvalue weighted by Crippen LogP contribution is -2.68. The monoisotopic (exact) mass is 482 g/mol. The first-order valence-corrected chi connectivity index (χ1v) is 12.1. The zero-order valence-electron chi connectivity index (χ0n) is 17.7. The van der Waals surface area contributed by atoms with Crippen LogP contribution in [0.15, 0.2) is 82.7 Å². The Kier molecular flexibility index (Phi) is 7.22. The van der Waals surface area contributed by atoms with Crippen LogP contribution >= 0.6 is 23.5 Å². The lowest BCUT2D eigenvalue weighted by Gasteiger charge is -2.48. The highest BCUT2D eigenvalue weighted by Gasteiger charge is 2.52. The fraction of sp³-hybridized carbons (Fsp3) is 0.208. The summed E-state index contributed by atoms with van der Waals surface area (Å²) in [5.74, 6) is -0.995. The fourth-order valence-corrected chi connectivity index (χ4v) is 5.81. The lowest BCUT2D eigenvalue weighted by atomic mass is 10.0. The molecule has 1 fully saturated rings. The molecule has 4 rings (SSSR count). The minimum absolute atomic E-state index is 0.168. The van der Waals surface area contributed by atoms with Gasteiger partial charge in [-0.25, -0.2) is 9.59 Å². The van der Waals surface area contributed by atoms with Crippen molar-refractivity contribution in [1.82, 2.24) is 4.90 Å². The summed E-state index contributed by atoms with van der Waals surface area (Å²) in [4.78, 5) is 39.5. The molecule has 170 valence electrons. The molecule has 2 aliphatic heterocycles. The first-order valence-electron chi connectivity index (χ1n) is 10.2. The molecule has 0 bridgehead atoms. The Morgan fingerprint density at radius 1 is 1.12 bits per heavy atom. The van der Waals surface area contributed by atoms with Crippen molar-refractivity contribution in [3.05, 3.63) is 93.9 Å². The molecular formula is C24H22N2O5S2. The molecule has 1 saturated heterocycles. The van der Waals surface area contributed by atoms with E-state index in [2.05, 4.69) is 4.74 Å². The van der Waals surface area contributed by atoms with Gasteiger partial charge in [-0.3, -0.25) is 9.69 Å². The molecule has 2 aliphatic rings. The Bertz CT molecular complexity index is 1060. The quantitative estimate of drug-likeness (QED) is 0.365. The van der Waals surface area contributed by atoms with Crippen molar-refractivity contribution in [1.29, 1.82) is 0 Å². The van der Waals surface area contributed by atoms with Gasteiger partial charge in [-0.05, 0) is 16.5 Å². The largest absolute Gasteiger partial charge is 0.466 e. The molecule has 0 radical (unpaired) electrons. The molecule has 9 heteroatoms. The standard InChI is InChI=1S/C24H22N2O5S2/c1-30-18(27)12-13-32-17-14-33-23-19(25)22(28)26(23)20(17)24(29)31-21(15-8-4-2-5-9-15)16-10-6-3-7-11-16/h2-13,19,21,23H,14,25H2,1H3/b13-12-/t19-,23-/m1/s1. The number of fused-ring (bicyclic) bond motifs is 1. The molecule has 0 aliphatic carbocycles. The summed E-state index contributed by atoms with van der Waals surface area (Å²) < 4.78 is 10.6. The highest BCUT2D eigenvalue weighted by molar-refractivity contribution is 8.08. The summed E-state index contributed by atoms with van der Waals surface area (Å²) in [6.07, 6.45) is 0.611. The molecule has 2 heterocycles. The van der Waals surface area contributed by atoms with Gasteiger partial charge in [0.05, 0.1) is 7.11 Å². The van der Waals surface area contributed by atoms with Crippen molar-refractivity contribution in [3.63, 3.8) is 0 Å². The molecule has 1 amide bonds. The minimum atomic E-state index is -0.658. The van der Waals surface area contributed by atoms with Gasteiger partial charge < -0.3 is 15.2 Å². The van der Waals surface area contributed by atoms with E-state index in [-0.39, 0.29) is 17.0 Å². The van der Waals surface area contributed by atoms with Crippen LogP contribution in [-0.2, 0) is 23.9 Å². The van der Waals surface area contributed by atoms with E-state index in [0.29, 0.717) is 10.7 Å². The first kappa shape index (κ1) is 23.2. The van der Waals surface area contributed by atoms with E-state index < -0.39 is 24.1 Å². The molecule has 0 spiro atoms. The van der Waals surface area contributed by atoms with Crippen molar-refractivity contribution in [2.24, 2.45) is 5.73 Å². The first-order chi connectivity index (χ1) is 16.0. The van der Waals surface area contributed by atoms with Gasteiger partial charge in [0, 0.05) is 16.7 Å². The maximum Gasteiger partial charge on any atom is 0.356 e. The Morgan fingerprint density at radius 2 is 1.73 bits per heavy atom. The van der Waals surface area contributed by atoms with E-state index in [9.17, 15) is 14.4 Å². The number of hydrogen-bond donors (Lipinski definition) is 1. The van der Waals surface area contributed by atoms with Crippen LogP contribution in [0.1, 0.15) is 17.2 Å². The van der Waals surface area contributed by atoms with Crippen LogP contribution in [-0.4, -0.2) is 47.0 Å². The predicted molar refractivity (Wildman–Crippen MR) is 128 cm³/mol. The van der Waals surface area contributed by atoms with Crippen LogP contribution in [0.3, 0.4) is 0 Å². The number of amides is 1. The van der Waals surface area contributed by atoms with Gasteiger partial charge in [0.1, 0.15) is 17.1 Å². The van der Waals surface area contributed by atoms with Gasteiger partial charge in [0.2, 0.25) is 5.91 Å². The van der Waals surface area contributed by atoms with Crippen LogP contribution in [0.25, 0.3) is 0 Å². The maximum absolute atomic E-state index is 13.5. The van der Waals surface area contributed by atoms with Crippen LogP contribution < -0.4 is 5.73 Å². The highest BCUT2D eigenvalue weighted by Crippen LogP contribution is 2.44. The summed E-state index contributed by atoms with van der Waals surface area (Å²) in [5, 5.41) is 1.21. The normalized spacial score (nSPS) is 20.0. The van der Waals surface area contributed by atoms with Crippen molar-refractivity contribution >= 4 is 41.4 Å². The fourth-order valence-electron chi connectivity index (χ4n) is 3.55. The molecule has 0 aromatic heterocycles. The van der Waals surface area contributed by atoms with E-state index in [1.54, 1.807) is 0 Å².